The van der Waals surface area contributed by atoms with Gasteiger partial charge in [-0.2, -0.15) is 10.00 Å². The van der Waals surface area contributed by atoms with Gasteiger partial charge in [0.25, 0.3) is 0 Å². The lowest BCUT2D eigenvalue weighted by Gasteiger charge is -2.27. The minimum absolute atomic E-state index is 0. The number of anilines is 1. The van der Waals surface area contributed by atoms with Crippen molar-refractivity contribution >= 4 is 23.7 Å². The number of nitrogens with zero attached hydrogens (tertiary/aromatic N) is 4. The lowest BCUT2D eigenvalue weighted by molar-refractivity contribution is -0.226. The Kier molecular flexibility index (Phi) is 3.84. The molecule has 4 nitrogen and oxygen atoms in total. The van der Waals surface area contributed by atoms with Crippen LogP contribution in [0.5, 0.6) is 0 Å². The molecule has 0 saturated carbocycles. The highest BCUT2D eigenvalue weighted by atomic mass is 35.5. The highest BCUT2D eigenvalue weighted by Crippen LogP contribution is 2.39. The van der Waals surface area contributed by atoms with Gasteiger partial charge in [0.1, 0.15) is 5.69 Å². The van der Waals surface area contributed by atoms with Gasteiger partial charge in [0.2, 0.25) is 0 Å². The predicted molar refractivity (Wildman–Crippen MR) is 54.8 cm³/mol. The number of halogens is 7. The van der Waals surface area contributed by atoms with E-state index in [0.717, 1.165) is 10.7 Å². The van der Waals surface area contributed by atoms with Gasteiger partial charge in [-0.05, 0) is 6.07 Å². The van der Waals surface area contributed by atoms with Crippen molar-refractivity contribution in [2.45, 2.75) is 12.6 Å². The third kappa shape index (κ3) is 2.83. The molecular formula is C8H5ClF6N4. The summed E-state index contributed by atoms with van der Waals surface area (Å²) in [6.07, 6.45) is -8.50. The van der Waals surface area contributed by atoms with E-state index in [1.165, 1.54) is 12.3 Å². The molecule has 0 unspecified atom stereocenters. The summed E-state index contributed by atoms with van der Waals surface area (Å²) >= 11 is 0. The number of hydrogen-bond acceptors (Lipinski definition) is 3. The lowest BCUT2D eigenvalue weighted by Crippen LogP contribution is -2.48. The van der Waals surface area contributed by atoms with Crippen LogP contribution in [0.25, 0.3) is 5.65 Å². The van der Waals surface area contributed by atoms with Crippen LogP contribution in [0, 0.1) is 0 Å². The van der Waals surface area contributed by atoms with Crippen molar-refractivity contribution < 1.29 is 26.3 Å². The standard InChI is InChI=1S/C8H4F6N4.ClH/c9-7(10,11)18(8(12,13)14)5-4-16-17-3-1-2-15-6(5)17;/h1-4H;1H. The summed E-state index contributed by atoms with van der Waals surface area (Å²) in [5.41, 5.74) is -1.71. The maximum Gasteiger partial charge on any atom is 0.491 e. The van der Waals surface area contributed by atoms with E-state index < -0.39 is 28.8 Å². The van der Waals surface area contributed by atoms with Gasteiger partial charge in [0, 0.05) is 12.4 Å². The molecule has 2 heterocycles. The number of alkyl halides is 6. The Hall–Kier alpha value is -1.71. The van der Waals surface area contributed by atoms with Crippen LogP contribution in [0.1, 0.15) is 0 Å². The first-order valence-electron chi connectivity index (χ1n) is 4.43. The zero-order chi connectivity index (χ0) is 13.6. The fourth-order valence-electron chi connectivity index (χ4n) is 1.39. The van der Waals surface area contributed by atoms with Crippen LogP contribution in [0.4, 0.5) is 32.0 Å². The molecule has 106 valence electrons. The normalized spacial score (nSPS) is 12.3. The largest absolute Gasteiger partial charge is 0.491 e. The predicted octanol–water partition coefficient (Wildman–Crippen LogP) is 3.00. The fourth-order valence-corrected chi connectivity index (χ4v) is 1.39. The van der Waals surface area contributed by atoms with Crippen LogP contribution in [0.3, 0.4) is 0 Å². The average molecular weight is 307 g/mol. The highest BCUT2D eigenvalue weighted by Gasteiger charge is 2.55. The van der Waals surface area contributed by atoms with Crippen LogP contribution in [0.2, 0.25) is 0 Å². The fraction of sp³-hybridized carbons (Fsp3) is 0.250. The molecule has 0 saturated heterocycles. The maximum absolute atomic E-state index is 12.4. The summed E-state index contributed by atoms with van der Waals surface area (Å²) in [4.78, 5) is 1.82. The summed E-state index contributed by atoms with van der Waals surface area (Å²) in [5, 5.41) is 3.38. The van der Waals surface area contributed by atoms with Crippen molar-refractivity contribution in [1.82, 2.24) is 14.6 Å². The number of rotatable bonds is 1. The summed E-state index contributed by atoms with van der Waals surface area (Å²) in [6.45, 7) is 0. The minimum Gasteiger partial charge on any atom is -0.235 e. The monoisotopic (exact) mass is 306 g/mol. The highest BCUT2D eigenvalue weighted by molar-refractivity contribution is 5.85. The zero-order valence-corrected chi connectivity index (χ0v) is 9.59. The van der Waals surface area contributed by atoms with E-state index in [4.69, 9.17) is 0 Å². The van der Waals surface area contributed by atoms with E-state index in [9.17, 15) is 26.3 Å². The van der Waals surface area contributed by atoms with Crippen LogP contribution in [-0.2, 0) is 0 Å². The first kappa shape index (κ1) is 15.3. The Bertz CT molecular complexity index is 548. The Morgan fingerprint density at radius 3 is 2.16 bits per heavy atom. The van der Waals surface area contributed by atoms with Crippen LogP contribution < -0.4 is 4.90 Å². The molecule has 0 atom stereocenters. The van der Waals surface area contributed by atoms with E-state index in [0.29, 0.717) is 6.20 Å². The van der Waals surface area contributed by atoms with Gasteiger partial charge in [-0.1, -0.05) is 0 Å². The zero-order valence-electron chi connectivity index (χ0n) is 8.77. The molecule has 0 bridgehead atoms. The topological polar surface area (TPSA) is 33.4 Å². The van der Waals surface area contributed by atoms with Gasteiger partial charge in [0.15, 0.2) is 5.65 Å². The molecule has 0 amide bonds. The van der Waals surface area contributed by atoms with Crippen molar-refractivity contribution in [2.24, 2.45) is 0 Å². The Morgan fingerprint density at radius 1 is 1.05 bits per heavy atom. The van der Waals surface area contributed by atoms with Crippen molar-refractivity contribution in [3.05, 3.63) is 24.7 Å². The van der Waals surface area contributed by atoms with E-state index in [2.05, 4.69) is 10.1 Å². The molecule has 0 spiro atoms. The number of hydrogen-bond donors (Lipinski definition) is 0. The van der Waals surface area contributed by atoms with Gasteiger partial charge < -0.3 is 0 Å². The molecule has 2 rings (SSSR count). The molecule has 0 aliphatic rings. The molecule has 0 aliphatic carbocycles. The molecule has 19 heavy (non-hydrogen) atoms. The van der Waals surface area contributed by atoms with E-state index in [-0.39, 0.29) is 12.4 Å². The Labute approximate surface area is 108 Å². The summed E-state index contributed by atoms with van der Waals surface area (Å²) in [6, 6.07) is 1.33. The SMILES string of the molecule is Cl.FC(F)(F)N(c1cnn2cccnc12)C(F)(F)F. The smallest absolute Gasteiger partial charge is 0.235 e. The number of aromatic nitrogens is 3. The third-order valence-electron chi connectivity index (χ3n) is 2.01. The maximum atomic E-state index is 12.4. The second-order valence-electron chi connectivity index (χ2n) is 3.19. The molecule has 0 radical (unpaired) electrons. The van der Waals surface area contributed by atoms with Crippen LogP contribution in [0.15, 0.2) is 24.7 Å². The molecule has 0 fully saturated rings. The summed E-state index contributed by atoms with van der Waals surface area (Å²) in [7, 11) is 0. The van der Waals surface area contributed by atoms with E-state index in [1.807, 2.05) is 0 Å². The lowest BCUT2D eigenvalue weighted by atomic mass is 10.4. The quantitative estimate of drug-likeness (QED) is 0.600. The van der Waals surface area contributed by atoms with Crippen molar-refractivity contribution in [2.75, 3.05) is 4.90 Å². The van der Waals surface area contributed by atoms with Gasteiger partial charge in [-0.3, -0.25) is 0 Å². The van der Waals surface area contributed by atoms with E-state index >= 15 is 0 Å². The van der Waals surface area contributed by atoms with Crippen LogP contribution >= 0.6 is 12.4 Å². The molecule has 11 heteroatoms. The summed E-state index contributed by atoms with van der Waals surface area (Å²) in [5.74, 6) is 0. The second kappa shape index (κ2) is 4.76. The molecular weight excluding hydrogens is 302 g/mol. The first-order valence-corrected chi connectivity index (χ1v) is 4.43. The summed E-state index contributed by atoms with van der Waals surface area (Å²) < 4.78 is 75.5. The second-order valence-corrected chi connectivity index (χ2v) is 3.19. The van der Waals surface area contributed by atoms with Gasteiger partial charge in [-0.25, -0.2) is 9.50 Å². The van der Waals surface area contributed by atoms with Gasteiger partial charge in [-0.15, -0.1) is 38.7 Å². The van der Waals surface area contributed by atoms with Gasteiger partial charge in [0.05, 0.1) is 6.20 Å². The van der Waals surface area contributed by atoms with Crippen molar-refractivity contribution in [3.8, 4) is 0 Å². The first-order chi connectivity index (χ1) is 8.21. The third-order valence-corrected chi connectivity index (χ3v) is 2.01. The molecule has 0 aromatic carbocycles. The minimum atomic E-state index is -5.61. The van der Waals surface area contributed by atoms with Crippen molar-refractivity contribution in [1.29, 1.82) is 0 Å². The average Bonchev–Trinajstić information content (AvgIpc) is 2.58. The number of fused-ring (bicyclic) bond motifs is 1. The Morgan fingerprint density at radius 2 is 1.63 bits per heavy atom. The van der Waals surface area contributed by atoms with Crippen molar-refractivity contribution in [3.63, 3.8) is 0 Å². The molecule has 0 N–H and O–H groups in total. The van der Waals surface area contributed by atoms with E-state index in [1.54, 1.807) is 0 Å². The molecule has 2 aromatic rings. The van der Waals surface area contributed by atoms with Gasteiger partial charge >= 0.3 is 12.6 Å². The van der Waals surface area contributed by atoms with Crippen LogP contribution in [-0.4, -0.2) is 27.2 Å². The molecule has 2 aromatic heterocycles. The Balaban J connectivity index is 0.00000180. The molecule has 0 aliphatic heterocycles.